The first kappa shape index (κ1) is 32.1. The van der Waals surface area contributed by atoms with Crippen LogP contribution in [0.2, 0.25) is 0 Å². The minimum atomic E-state index is -3.85. The van der Waals surface area contributed by atoms with Gasteiger partial charge in [0.05, 0.1) is 26.2 Å². The largest absolute Gasteiger partial charge is 0.493 e. The highest BCUT2D eigenvalue weighted by molar-refractivity contribution is 7.89. The molecular formula is C25H37ClN6O6S. The van der Waals surface area contributed by atoms with E-state index < -0.39 is 21.9 Å². The molecule has 2 aromatic carbocycles. The van der Waals surface area contributed by atoms with Gasteiger partial charge in [-0.25, -0.2) is 13.1 Å². The van der Waals surface area contributed by atoms with Crippen LogP contribution in [0.1, 0.15) is 34.5 Å². The monoisotopic (exact) mass is 584 g/mol. The molecule has 0 radical (unpaired) electrons. The van der Waals surface area contributed by atoms with Crippen LogP contribution in [0.25, 0.3) is 0 Å². The SMILES string of the molecule is CNS(=O)(=O)c1cc(C(=O)N=C(N)N)ccc1C(C)N1CCN(Cc2ccc(OC)c(OC)c2OC)CC1.Cl. The molecule has 3 rings (SSSR count). The van der Waals surface area contributed by atoms with Gasteiger partial charge in [0.1, 0.15) is 0 Å². The number of carbonyl (C=O) groups excluding carboxylic acids is 1. The highest BCUT2D eigenvalue weighted by Gasteiger charge is 2.28. The topological polar surface area (TPSA) is 162 Å². The number of aliphatic imine (C=N–C) groups is 1. The predicted octanol–water partition coefficient (Wildman–Crippen LogP) is 1.33. The first-order valence-electron chi connectivity index (χ1n) is 12.0. The average molecular weight is 585 g/mol. The number of nitrogens with two attached hydrogens (primary N) is 2. The van der Waals surface area contributed by atoms with Crippen molar-refractivity contribution in [3.05, 3.63) is 47.0 Å². The highest BCUT2D eigenvalue weighted by Crippen LogP contribution is 2.40. The van der Waals surface area contributed by atoms with Gasteiger partial charge in [0, 0.05) is 49.9 Å². The van der Waals surface area contributed by atoms with Crippen LogP contribution in [0.4, 0.5) is 0 Å². The number of carbonyl (C=O) groups is 1. The fourth-order valence-corrected chi connectivity index (χ4v) is 5.62. The Labute approximate surface area is 235 Å². The van der Waals surface area contributed by atoms with Crippen molar-refractivity contribution in [3.63, 3.8) is 0 Å². The Balaban J connectivity index is 0.00000533. The second kappa shape index (κ2) is 13.8. The van der Waals surface area contributed by atoms with Gasteiger partial charge < -0.3 is 25.7 Å². The Morgan fingerprint density at radius 1 is 1.03 bits per heavy atom. The summed E-state index contributed by atoms with van der Waals surface area (Å²) in [6.07, 6.45) is 0. The van der Waals surface area contributed by atoms with Gasteiger partial charge in [0.2, 0.25) is 15.8 Å². The number of nitrogens with zero attached hydrogens (tertiary/aromatic N) is 3. The number of amides is 1. The number of ether oxygens (including phenoxy) is 3. The molecule has 2 aromatic rings. The lowest BCUT2D eigenvalue weighted by molar-refractivity contribution is 0.0961. The third-order valence-electron chi connectivity index (χ3n) is 6.63. The van der Waals surface area contributed by atoms with E-state index in [0.29, 0.717) is 42.4 Å². The van der Waals surface area contributed by atoms with Gasteiger partial charge in [-0.3, -0.25) is 14.6 Å². The first-order valence-corrected chi connectivity index (χ1v) is 13.5. The van der Waals surface area contributed by atoms with Crippen molar-refractivity contribution in [2.75, 3.05) is 54.6 Å². The van der Waals surface area contributed by atoms with Crippen molar-refractivity contribution in [2.45, 2.75) is 24.4 Å². The maximum atomic E-state index is 12.9. The number of hydrogen-bond donors (Lipinski definition) is 3. The van der Waals surface area contributed by atoms with Crippen LogP contribution in [0, 0.1) is 0 Å². The Hall–Kier alpha value is -3.10. The van der Waals surface area contributed by atoms with E-state index in [1.165, 1.54) is 19.2 Å². The number of methoxy groups -OCH3 is 3. The molecule has 0 bridgehead atoms. The molecule has 0 aliphatic carbocycles. The molecule has 0 saturated carbocycles. The number of benzene rings is 2. The zero-order chi connectivity index (χ0) is 28.0. The van der Waals surface area contributed by atoms with Gasteiger partial charge in [0.15, 0.2) is 17.5 Å². The predicted molar refractivity (Wildman–Crippen MR) is 151 cm³/mol. The van der Waals surface area contributed by atoms with E-state index in [0.717, 1.165) is 18.7 Å². The highest BCUT2D eigenvalue weighted by atomic mass is 35.5. The third-order valence-corrected chi connectivity index (χ3v) is 8.10. The normalized spacial score (nSPS) is 15.1. The molecule has 1 fully saturated rings. The molecule has 1 atom stereocenters. The van der Waals surface area contributed by atoms with Gasteiger partial charge in [-0.05, 0) is 37.7 Å². The quantitative estimate of drug-likeness (QED) is 0.274. The van der Waals surface area contributed by atoms with Crippen LogP contribution in [-0.2, 0) is 16.6 Å². The lowest BCUT2D eigenvalue weighted by atomic mass is 10.0. The summed E-state index contributed by atoms with van der Waals surface area (Å²) in [5.41, 5.74) is 12.3. The Kier molecular flexibility index (Phi) is 11.4. The molecule has 12 nitrogen and oxygen atoms in total. The van der Waals surface area contributed by atoms with E-state index >= 15 is 0 Å². The number of piperazine rings is 1. The van der Waals surface area contributed by atoms with Gasteiger partial charge in [-0.2, -0.15) is 4.99 Å². The second-order valence-corrected chi connectivity index (χ2v) is 10.6. The van der Waals surface area contributed by atoms with Crippen LogP contribution in [0.15, 0.2) is 40.2 Å². The molecule has 1 aliphatic rings. The summed E-state index contributed by atoms with van der Waals surface area (Å²) >= 11 is 0. The summed E-state index contributed by atoms with van der Waals surface area (Å²) in [6, 6.07) is 8.10. The molecule has 1 amide bonds. The summed E-state index contributed by atoms with van der Waals surface area (Å²) in [7, 11) is 2.24. The van der Waals surface area contributed by atoms with E-state index in [9.17, 15) is 13.2 Å². The molecule has 5 N–H and O–H groups in total. The van der Waals surface area contributed by atoms with E-state index in [4.69, 9.17) is 25.7 Å². The lowest BCUT2D eigenvalue weighted by Crippen LogP contribution is -2.46. The third kappa shape index (κ3) is 7.31. The van der Waals surface area contributed by atoms with Crippen LogP contribution >= 0.6 is 12.4 Å². The number of sulfonamides is 1. The van der Waals surface area contributed by atoms with Gasteiger partial charge in [-0.1, -0.05) is 12.1 Å². The number of nitrogens with one attached hydrogen (secondary N) is 1. The molecule has 1 aliphatic heterocycles. The van der Waals surface area contributed by atoms with Crippen molar-refractivity contribution in [1.29, 1.82) is 0 Å². The van der Waals surface area contributed by atoms with Crippen molar-refractivity contribution >= 4 is 34.3 Å². The number of hydrogen-bond acceptors (Lipinski definition) is 8. The molecular weight excluding hydrogens is 548 g/mol. The zero-order valence-corrected chi connectivity index (χ0v) is 24.4. The maximum Gasteiger partial charge on any atom is 0.280 e. The van der Waals surface area contributed by atoms with Crippen molar-refractivity contribution in [1.82, 2.24) is 14.5 Å². The lowest BCUT2D eigenvalue weighted by Gasteiger charge is -2.38. The standard InChI is InChI=1S/C25H36N6O6S.ClH/c1-16(19-8-6-17(24(32)29-25(26)27)14-21(19)38(33,34)28-2)31-12-10-30(11-13-31)15-18-7-9-20(35-3)23(37-5)22(18)36-4;/h6-9,14,16,28H,10-13,15H2,1-5H3,(H4,26,27,29,32);1H. The molecule has 0 aromatic heterocycles. The molecule has 14 heteroatoms. The molecule has 1 unspecified atom stereocenters. The van der Waals surface area contributed by atoms with E-state index in [1.807, 2.05) is 19.1 Å². The van der Waals surface area contributed by atoms with E-state index in [2.05, 4.69) is 19.5 Å². The van der Waals surface area contributed by atoms with E-state index in [-0.39, 0.29) is 28.9 Å². The van der Waals surface area contributed by atoms with Crippen molar-refractivity contribution in [3.8, 4) is 17.2 Å². The summed E-state index contributed by atoms with van der Waals surface area (Å²) in [5.74, 6) is 0.690. The van der Waals surface area contributed by atoms with Gasteiger partial charge in [0.25, 0.3) is 5.91 Å². The van der Waals surface area contributed by atoms with Crippen LogP contribution < -0.4 is 30.4 Å². The minimum Gasteiger partial charge on any atom is -0.493 e. The molecule has 0 spiro atoms. The molecule has 39 heavy (non-hydrogen) atoms. The Morgan fingerprint density at radius 3 is 2.21 bits per heavy atom. The van der Waals surface area contributed by atoms with Crippen LogP contribution in [0.5, 0.6) is 17.2 Å². The number of halogens is 1. The van der Waals surface area contributed by atoms with Gasteiger partial charge in [-0.15, -0.1) is 12.4 Å². The smallest absolute Gasteiger partial charge is 0.280 e. The number of rotatable bonds is 10. The second-order valence-electron chi connectivity index (χ2n) is 8.78. The summed E-state index contributed by atoms with van der Waals surface area (Å²) in [4.78, 5) is 20.4. The molecule has 1 saturated heterocycles. The van der Waals surface area contributed by atoms with Gasteiger partial charge >= 0.3 is 0 Å². The Bertz CT molecular complexity index is 1290. The van der Waals surface area contributed by atoms with Crippen LogP contribution in [-0.4, -0.2) is 84.6 Å². The average Bonchev–Trinajstić information content (AvgIpc) is 2.91. The first-order chi connectivity index (χ1) is 18.1. The number of guanidine groups is 1. The summed E-state index contributed by atoms with van der Waals surface area (Å²) < 4.78 is 44.6. The zero-order valence-electron chi connectivity index (χ0n) is 22.8. The van der Waals surface area contributed by atoms with Crippen LogP contribution in [0.3, 0.4) is 0 Å². The van der Waals surface area contributed by atoms with Crippen molar-refractivity contribution in [2.24, 2.45) is 16.5 Å². The molecule has 216 valence electrons. The minimum absolute atomic E-state index is 0. The summed E-state index contributed by atoms with van der Waals surface area (Å²) in [5, 5.41) is 0. The Morgan fingerprint density at radius 2 is 1.67 bits per heavy atom. The fourth-order valence-electron chi connectivity index (χ4n) is 4.57. The fraction of sp³-hybridized carbons (Fsp3) is 0.440. The summed E-state index contributed by atoms with van der Waals surface area (Å²) in [6.45, 7) is 5.56. The van der Waals surface area contributed by atoms with E-state index in [1.54, 1.807) is 27.4 Å². The van der Waals surface area contributed by atoms with Crippen molar-refractivity contribution < 1.29 is 27.4 Å². The maximum absolute atomic E-state index is 12.9. The molecule has 1 heterocycles.